The average molecular weight is 415 g/mol. The van der Waals surface area contributed by atoms with Crippen molar-refractivity contribution in [3.8, 4) is 0 Å². The van der Waals surface area contributed by atoms with Crippen LogP contribution in [0, 0.1) is 29.4 Å². The summed E-state index contributed by atoms with van der Waals surface area (Å²) in [5.74, 6) is 0.943. The van der Waals surface area contributed by atoms with Crippen LogP contribution in [0.2, 0.25) is 0 Å². The van der Waals surface area contributed by atoms with Crippen molar-refractivity contribution in [1.29, 1.82) is 0 Å². The van der Waals surface area contributed by atoms with Crippen LogP contribution in [0.5, 0.6) is 0 Å². The van der Waals surface area contributed by atoms with E-state index >= 15 is 0 Å². The largest absolute Gasteiger partial charge is 0.465 e. The van der Waals surface area contributed by atoms with E-state index < -0.39 is 17.6 Å². The Morgan fingerprint density at radius 2 is 1.77 bits per heavy atom. The number of halogens is 2. The lowest BCUT2D eigenvalue weighted by molar-refractivity contribution is 0.0595. The Labute approximate surface area is 178 Å². The minimum atomic E-state index is -0.786. The molecule has 0 saturated heterocycles. The van der Waals surface area contributed by atoms with Crippen molar-refractivity contribution in [2.45, 2.75) is 70.6 Å². The van der Waals surface area contributed by atoms with Crippen molar-refractivity contribution in [2.75, 3.05) is 7.11 Å². The lowest BCUT2D eigenvalue weighted by atomic mass is 9.63. The van der Waals surface area contributed by atoms with Crippen LogP contribution in [0.1, 0.15) is 86.6 Å². The number of carbonyl (C=O) groups excluding carboxylic acids is 1. The van der Waals surface area contributed by atoms with Crippen molar-refractivity contribution in [2.24, 2.45) is 17.8 Å². The number of rotatable bonds is 5. The maximum atomic E-state index is 14.9. The highest BCUT2D eigenvalue weighted by atomic mass is 19.1. The molecule has 0 heterocycles. The minimum absolute atomic E-state index is 0.225. The molecule has 0 aliphatic heterocycles. The zero-order valence-electron chi connectivity index (χ0n) is 18.1. The van der Waals surface area contributed by atoms with Gasteiger partial charge in [0.15, 0.2) is 0 Å². The van der Waals surface area contributed by atoms with Crippen molar-refractivity contribution in [3.63, 3.8) is 0 Å². The fourth-order valence-electron chi connectivity index (χ4n) is 5.91. The molecule has 0 aromatic heterocycles. The van der Waals surface area contributed by atoms with E-state index in [0.29, 0.717) is 11.3 Å². The van der Waals surface area contributed by atoms with Gasteiger partial charge < -0.3 is 4.74 Å². The number of unbranched alkanes of at least 4 members (excludes halogenated alkanes) is 1. The van der Waals surface area contributed by atoms with E-state index in [1.165, 1.54) is 64.2 Å². The van der Waals surface area contributed by atoms with Gasteiger partial charge in [0.25, 0.3) is 0 Å². The molecule has 0 bridgehead atoms. The van der Waals surface area contributed by atoms with Crippen molar-refractivity contribution >= 4 is 16.7 Å². The van der Waals surface area contributed by atoms with E-state index in [0.717, 1.165) is 36.2 Å². The number of esters is 1. The molecule has 0 spiro atoms. The number of benzene rings is 2. The first kappa shape index (κ1) is 21.3. The first-order chi connectivity index (χ1) is 14.5. The fourth-order valence-corrected chi connectivity index (χ4v) is 5.91. The predicted octanol–water partition coefficient (Wildman–Crippen LogP) is 7.39. The zero-order valence-corrected chi connectivity index (χ0v) is 18.1. The van der Waals surface area contributed by atoms with Crippen molar-refractivity contribution in [1.82, 2.24) is 0 Å². The summed E-state index contributed by atoms with van der Waals surface area (Å²) in [6, 6.07) is 6.04. The lowest BCUT2D eigenvalue weighted by Crippen LogP contribution is -2.30. The molecule has 0 N–H and O–H groups in total. The van der Waals surface area contributed by atoms with Crippen LogP contribution in [-0.4, -0.2) is 13.1 Å². The third kappa shape index (κ3) is 4.24. The summed E-state index contributed by atoms with van der Waals surface area (Å²) in [7, 11) is 1.19. The summed E-state index contributed by atoms with van der Waals surface area (Å²) in [5, 5.41) is 0.784. The van der Waals surface area contributed by atoms with Crippen molar-refractivity contribution in [3.05, 3.63) is 47.0 Å². The monoisotopic (exact) mass is 414 g/mol. The average Bonchev–Trinajstić information content (AvgIpc) is 2.76. The number of hydrogen-bond donors (Lipinski definition) is 0. The number of hydrogen-bond acceptors (Lipinski definition) is 2. The summed E-state index contributed by atoms with van der Waals surface area (Å²) in [5.41, 5.74) is 0.744. The van der Waals surface area contributed by atoms with Gasteiger partial charge in [-0.3, -0.25) is 0 Å². The standard InChI is InChI=1S/C26H32F2O2/c1-3-4-5-16-6-7-18-11-19(9-8-17(18)10-16)20-12-21-14-25(28)23(26(29)30-2)15-22(21)24(27)13-20/h12-19H,3-11H2,1-2H3/t16?,17-,18+,19?/m0/s1. The van der Waals surface area contributed by atoms with Crippen LogP contribution in [0.4, 0.5) is 8.78 Å². The Morgan fingerprint density at radius 3 is 2.53 bits per heavy atom. The topological polar surface area (TPSA) is 26.3 Å². The molecule has 4 heteroatoms. The summed E-state index contributed by atoms with van der Waals surface area (Å²) in [4.78, 5) is 11.7. The SMILES string of the molecule is CCCCC1CC[C@@H]2CC(c3cc(F)c4cc(C(=O)OC)c(F)cc4c3)CC[C@H]2C1. The number of fused-ring (bicyclic) bond motifs is 2. The Balaban J connectivity index is 1.52. The van der Waals surface area contributed by atoms with E-state index in [1.54, 1.807) is 6.07 Å². The summed E-state index contributed by atoms with van der Waals surface area (Å²) >= 11 is 0. The zero-order chi connectivity index (χ0) is 21.3. The molecular weight excluding hydrogens is 382 g/mol. The van der Waals surface area contributed by atoms with Crippen LogP contribution in [-0.2, 0) is 4.74 Å². The molecule has 2 aliphatic rings. The highest BCUT2D eigenvalue weighted by Gasteiger charge is 2.36. The van der Waals surface area contributed by atoms with Gasteiger partial charge in [-0.1, -0.05) is 38.7 Å². The Kier molecular flexibility index (Phi) is 6.40. The van der Waals surface area contributed by atoms with Gasteiger partial charge in [-0.05, 0) is 84.9 Å². The van der Waals surface area contributed by atoms with Gasteiger partial charge in [0.05, 0.1) is 12.7 Å². The maximum absolute atomic E-state index is 14.9. The van der Waals surface area contributed by atoms with Gasteiger partial charge >= 0.3 is 5.97 Å². The summed E-state index contributed by atoms with van der Waals surface area (Å²) < 4.78 is 33.9. The van der Waals surface area contributed by atoms with Crippen molar-refractivity contribution < 1.29 is 18.3 Å². The molecule has 2 unspecified atom stereocenters. The molecule has 162 valence electrons. The summed E-state index contributed by atoms with van der Waals surface area (Å²) in [6.07, 6.45) is 11.4. The second-order valence-electron chi connectivity index (χ2n) is 9.40. The molecule has 2 fully saturated rings. The minimum Gasteiger partial charge on any atom is -0.465 e. The highest BCUT2D eigenvalue weighted by molar-refractivity contribution is 5.96. The van der Waals surface area contributed by atoms with E-state index in [2.05, 4.69) is 11.7 Å². The molecule has 2 aliphatic carbocycles. The van der Waals surface area contributed by atoms with Gasteiger partial charge in [-0.25, -0.2) is 13.6 Å². The second-order valence-corrected chi connectivity index (χ2v) is 9.40. The maximum Gasteiger partial charge on any atom is 0.340 e. The van der Waals surface area contributed by atoms with Crippen LogP contribution >= 0.6 is 0 Å². The molecule has 2 saturated carbocycles. The molecule has 30 heavy (non-hydrogen) atoms. The first-order valence-electron chi connectivity index (χ1n) is 11.5. The van der Waals surface area contributed by atoms with E-state index in [1.807, 2.05) is 6.07 Å². The van der Waals surface area contributed by atoms with Crippen LogP contribution in [0.15, 0.2) is 24.3 Å². The van der Waals surface area contributed by atoms with Crippen LogP contribution in [0.25, 0.3) is 10.8 Å². The van der Waals surface area contributed by atoms with Crippen LogP contribution in [0.3, 0.4) is 0 Å². The second kappa shape index (κ2) is 9.03. The Hall–Kier alpha value is -1.97. The molecular formula is C26H32F2O2. The molecule has 0 radical (unpaired) electrons. The van der Waals surface area contributed by atoms with Gasteiger partial charge in [-0.2, -0.15) is 0 Å². The Morgan fingerprint density at radius 1 is 1.00 bits per heavy atom. The Bertz CT molecular complexity index is 923. The quantitative estimate of drug-likeness (QED) is 0.477. The normalized spacial score (nSPS) is 26.4. The van der Waals surface area contributed by atoms with Gasteiger partial charge in [-0.15, -0.1) is 0 Å². The molecule has 0 amide bonds. The summed E-state index contributed by atoms with van der Waals surface area (Å²) in [6.45, 7) is 2.27. The molecule has 4 atom stereocenters. The number of carbonyl (C=O) groups is 1. The fraction of sp³-hybridized carbons (Fsp3) is 0.577. The molecule has 2 aromatic rings. The van der Waals surface area contributed by atoms with Gasteiger partial charge in [0, 0.05) is 5.39 Å². The van der Waals surface area contributed by atoms with E-state index in [-0.39, 0.29) is 10.9 Å². The third-order valence-corrected chi connectivity index (χ3v) is 7.58. The third-order valence-electron chi connectivity index (χ3n) is 7.58. The lowest BCUT2D eigenvalue weighted by Gasteiger charge is -2.42. The van der Waals surface area contributed by atoms with E-state index in [9.17, 15) is 13.6 Å². The molecule has 4 rings (SSSR count). The van der Waals surface area contributed by atoms with Gasteiger partial charge in [0.2, 0.25) is 0 Å². The molecule has 2 aromatic carbocycles. The predicted molar refractivity (Wildman–Crippen MR) is 116 cm³/mol. The number of ether oxygens (including phenoxy) is 1. The van der Waals surface area contributed by atoms with E-state index in [4.69, 9.17) is 0 Å². The first-order valence-corrected chi connectivity index (χ1v) is 11.5. The van der Waals surface area contributed by atoms with Crippen LogP contribution < -0.4 is 0 Å². The number of methoxy groups -OCH3 is 1. The molecule has 2 nitrogen and oxygen atoms in total. The highest BCUT2D eigenvalue weighted by Crippen LogP contribution is 2.48. The smallest absolute Gasteiger partial charge is 0.340 e. The van der Waals surface area contributed by atoms with Gasteiger partial charge in [0.1, 0.15) is 11.6 Å².